The van der Waals surface area contributed by atoms with Crippen LogP contribution in [0.1, 0.15) is 35.8 Å². The van der Waals surface area contributed by atoms with Crippen LogP contribution in [-0.4, -0.2) is 23.0 Å². The summed E-state index contributed by atoms with van der Waals surface area (Å²) in [6, 6.07) is 7.11. The summed E-state index contributed by atoms with van der Waals surface area (Å²) in [5.41, 5.74) is 1.49. The van der Waals surface area contributed by atoms with Gasteiger partial charge in [-0.15, -0.1) is 0 Å². The second kappa shape index (κ2) is 6.83. The van der Waals surface area contributed by atoms with Crippen molar-refractivity contribution in [2.45, 2.75) is 19.9 Å². The minimum atomic E-state index is -0.160. The number of carbonyl (C=O) groups excluding carboxylic acids is 1. The fraction of sp³-hybridized carbons (Fsp3) is 0.312. The highest BCUT2D eigenvalue weighted by molar-refractivity contribution is 5.94. The average molecular weight is 285 g/mol. The van der Waals surface area contributed by atoms with E-state index in [0.29, 0.717) is 11.4 Å². The quantitative estimate of drug-likeness (QED) is 0.917. The highest BCUT2D eigenvalue weighted by Crippen LogP contribution is 2.21. The molecule has 2 aromatic heterocycles. The molecule has 21 heavy (non-hydrogen) atoms. The van der Waals surface area contributed by atoms with Crippen LogP contribution in [0.4, 0.5) is 0 Å². The van der Waals surface area contributed by atoms with E-state index in [1.165, 1.54) is 6.20 Å². The standard InChI is InChI=1S/C16H19N3O2/c1-11(2)15(12-5-4-8-17-9-12)19-16(20)13-6-7-14(21-3)18-10-13/h4-11,15H,1-3H3,(H,19,20). The van der Waals surface area contributed by atoms with Crippen molar-refractivity contribution in [2.24, 2.45) is 5.92 Å². The van der Waals surface area contributed by atoms with E-state index >= 15 is 0 Å². The van der Waals surface area contributed by atoms with Gasteiger partial charge in [-0.3, -0.25) is 9.78 Å². The normalized spacial score (nSPS) is 12.0. The molecule has 1 N–H and O–H groups in total. The molecule has 0 bridgehead atoms. The van der Waals surface area contributed by atoms with Crippen LogP contribution in [0, 0.1) is 5.92 Å². The van der Waals surface area contributed by atoms with Crippen molar-refractivity contribution in [2.75, 3.05) is 7.11 Å². The van der Waals surface area contributed by atoms with E-state index < -0.39 is 0 Å². The second-order valence-electron chi connectivity index (χ2n) is 5.07. The summed E-state index contributed by atoms with van der Waals surface area (Å²) in [4.78, 5) is 20.5. The van der Waals surface area contributed by atoms with Gasteiger partial charge in [0.05, 0.1) is 18.7 Å². The van der Waals surface area contributed by atoms with Gasteiger partial charge in [-0.2, -0.15) is 0 Å². The van der Waals surface area contributed by atoms with Gasteiger partial charge >= 0.3 is 0 Å². The summed E-state index contributed by atoms with van der Waals surface area (Å²) in [5.74, 6) is 0.580. The molecule has 0 saturated carbocycles. The summed E-state index contributed by atoms with van der Waals surface area (Å²) in [6.07, 6.45) is 5.00. The molecule has 0 aliphatic carbocycles. The van der Waals surface area contributed by atoms with Crippen molar-refractivity contribution in [1.29, 1.82) is 0 Å². The molecule has 1 atom stereocenters. The van der Waals surface area contributed by atoms with Crippen molar-refractivity contribution in [1.82, 2.24) is 15.3 Å². The molecule has 2 rings (SSSR count). The number of pyridine rings is 2. The number of amides is 1. The predicted molar refractivity (Wildman–Crippen MR) is 80.1 cm³/mol. The molecule has 0 fully saturated rings. The molecule has 1 unspecified atom stereocenters. The number of nitrogens with zero attached hydrogens (tertiary/aromatic N) is 2. The first-order valence-corrected chi connectivity index (χ1v) is 6.82. The number of ether oxygens (including phenoxy) is 1. The number of hydrogen-bond acceptors (Lipinski definition) is 4. The molecule has 0 spiro atoms. The van der Waals surface area contributed by atoms with Crippen LogP contribution in [0.25, 0.3) is 0 Å². The Morgan fingerprint density at radius 3 is 2.57 bits per heavy atom. The molecule has 0 saturated heterocycles. The SMILES string of the molecule is COc1ccc(C(=O)NC(c2cccnc2)C(C)C)cn1. The van der Waals surface area contributed by atoms with Crippen LogP contribution in [0.15, 0.2) is 42.9 Å². The van der Waals surface area contributed by atoms with E-state index in [0.717, 1.165) is 5.56 Å². The number of aromatic nitrogens is 2. The monoisotopic (exact) mass is 285 g/mol. The van der Waals surface area contributed by atoms with Crippen LogP contribution in [0.5, 0.6) is 5.88 Å². The lowest BCUT2D eigenvalue weighted by Gasteiger charge is -2.22. The molecule has 110 valence electrons. The van der Waals surface area contributed by atoms with Gasteiger partial charge in [0.15, 0.2) is 0 Å². The van der Waals surface area contributed by atoms with Crippen molar-refractivity contribution >= 4 is 5.91 Å². The van der Waals surface area contributed by atoms with Crippen LogP contribution < -0.4 is 10.1 Å². The van der Waals surface area contributed by atoms with Gasteiger partial charge in [0.1, 0.15) is 0 Å². The average Bonchev–Trinajstić information content (AvgIpc) is 2.53. The van der Waals surface area contributed by atoms with E-state index in [4.69, 9.17) is 4.74 Å². The van der Waals surface area contributed by atoms with Crippen LogP contribution >= 0.6 is 0 Å². The van der Waals surface area contributed by atoms with E-state index in [2.05, 4.69) is 29.1 Å². The lowest BCUT2D eigenvalue weighted by molar-refractivity contribution is 0.0925. The van der Waals surface area contributed by atoms with E-state index in [1.54, 1.807) is 31.6 Å². The smallest absolute Gasteiger partial charge is 0.253 e. The fourth-order valence-electron chi connectivity index (χ4n) is 2.05. The Kier molecular flexibility index (Phi) is 4.87. The Labute approximate surface area is 124 Å². The fourth-order valence-corrected chi connectivity index (χ4v) is 2.05. The number of nitrogens with one attached hydrogen (secondary N) is 1. The first kappa shape index (κ1) is 15.0. The molecule has 0 aromatic carbocycles. The summed E-state index contributed by atoms with van der Waals surface area (Å²) in [6.45, 7) is 4.12. The highest BCUT2D eigenvalue weighted by atomic mass is 16.5. The van der Waals surface area contributed by atoms with Gasteiger partial charge in [0.25, 0.3) is 5.91 Å². The van der Waals surface area contributed by atoms with E-state index in [9.17, 15) is 4.79 Å². The van der Waals surface area contributed by atoms with Crippen LogP contribution in [0.2, 0.25) is 0 Å². The summed E-state index contributed by atoms with van der Waals surface area (Å²) < 4.78 is 4.99. The maximum Gasteiger partial charge on any atom is 0.253 e. The molecule has 2 heterocycles. The Bertz CT molecular complexity index is 582. The molecular weight excluding hydrogens is 266 g/mol. The Hall–Kier alpha value is -2.43. The third-order valence-corrected chi connectivity index (χ3v) is 3.20. The molecule has 2 aromatic rings. The van der Waals surface area contributed by atoms with Crippen molar-refractivity contribution < 1.29 is 9.53 Å². The maximum absolute atomic E-state index is 12.3. The topological polar surface area (TPSA) is 64.1 Å². The van der Waals surface area contributed by atoms with Gasteiger partial charge in [0.2, 0.25) is 5.88 Å². The van der Waals surface area contributed by atoms with Crippen molar-refractivity contribution in [3.05, 3.63) is 54.0 Å². The van der Waals surface area contributed by atoms with Gasteiger partial charge in [-0.05, 0) is 23.6 Å². The molecular formula is C16H19N3O2. The molecule has 5 nitrogen and oxygen atoms in total. The largest absolute Gasteiger partial charge is 0.481 e. The summed E-state index contributed by atoms with van der Waals surface area (Å²) >= 11 is 0. The number of carbonyl (C=O) groups is 1. The van der Waals surface area contributed by atoms with E-state index in [-0.39, 0.29) is 17.9 Å². The molecule has 0 aliphatic heterocycles. The van der Waals surface area contributed by atoms with Crippen molar-refractivity contribution in [3.63, 3.8) is 0 Å². The molecule has 5 heteroatoms. The lowest BCUT2D eigenvalue weighted by Crippen LogP contribution is -2.31. The summed E-state index contributed by atoms with van der Waals surface area (Å²) in [7, 11) is 1.54. The highest BCUT2D eigenvalue weighted by Gasteiger charge is 2.19. The zero-order valence-corrected chi connectivity index (χ0v) is 12.4. The molecule has 0 radical (unpaired) electrons. The number of hydrogen-bond donors (Lipinski definition) is 1. The minimum Gasteiger partial charge on any atom is -0.481 e. The third kappa shape index (κ3) is 3.78. The van der Waals surface area contributed by atoms with Crippen LogP contribution in [0.3, 0.4) is 0 Å². The molecule has 0 aliphatic rings. The van der Waals surface area contributed by atoms with Gasteiger partial charge in [0, 0.05) is 24.7 Å². The van der Waals surface area contributed by atoms with Crippen molar-refractivity contribution in [3.8, 4) is 5.88 Å². The Morgan fingerprint density at radius 1 is 1.24 bits per heavy atom. The first-order valence-electron chi connectivity index (χ1n) is 6.82. The summed E-state index contributed by atoms with van der Waals surface area (Å²) in [5, 5.41) is 3.03. The maximum atomic E-state index is 12.3. The van der Waals surface area contributed by atoms with Gasteiger partial charge in [-0.25, -0.2) is 4.98 Å². The second-order valence-corrected chi connectivity index (χ2v) is 5.07. The predicted octanol–water partition coefficient (Wildman–Crippen LogP) is 2.61. The first-order chi connectivity index (χ1) is 10.1. The number of rotatable bonds is 5. The Morgan fingerprint density at radius 2 is 2.05 bits per heavy atom. The third-order valence-electron chi connectivity index (χ3n) is 3.20. The van der Waals surface area contributed by atoms with Gasteiger partial charge < -0.3 is 10.1 Å². The minimum absolute atomic E-state index is 0.0895. The van der Waals surface area contributed by atoms with Crippen LogP contribution in [-0.2, 0) is 0 Å². The molecule has 1 amide bonds. The van der Waals surface area contributed by atoms with E-state index in [1.807, 2.05) is 12.1 Å². The van der Waals surface area contributed by atoms with Gasteiger partial charge in [-0.1, -0.05) is 19.9 Å². The lowest BCUT2D eigenvalue weighted by atomic mass is 9.97. The zero-order valence-electron chi connectivity index (χ0n) is 12.4. The Balaban J connectivity index is 2.15. The zero-order chi connectivity index (χ0) is 15.2. The number of methoxy groups -OCH3 is 1.